The third-order valence-corrected chi connectivity index (χ3v) is 3.35. The first-order valence-electron chi connectivity index (χ1n) is 6.52. The van der Waals surface area contributed by atoms with Crippen LogP contribution in [0, 0.1) is 0 Å². The predicted octanol–water partition coefficient (Wildman–Crippen LogP) is 3.20. The fourth-order valence-corrected chi connectivity index (χ4v) is 2.42. The third kappa shape index (κ3) is 3.15. The highest BCUT2D eigenvalue weighted by Gasteiger charge is 2.18. The van der Waals surface area contributed by atoms with Crippen molar-refractivity contribution in [2.45, 2.75) is 25.7 Å². The quantitative estimate of drug-likeness (QED) is 0.807. The molecule has 0 radical (unpaired) electrons. The molecular weight excluding hydrogens is 256 g/mol. The summed E-state index contributed by atoms with van der Waals surface area (Å²) in [6, 6.07) is 7.65. The molecule has 1 aliphatic rings. The van der Waals surface area contributed by atoms with Gasteiger partial charge in [0, 0.05) is 12.0 Å². The average Bonchev–Trinajstić information content (AvgIpc) is 2.42. The number of rotatable bonds is 5. The molecule has 0 unspecified atom stereocenters. The second-order valence-corrected chi connectivity index (χ2v) is 4.70. The minimum Gasteiger partial charge on any atom is -0.481 e. The molecule has 0 heterocycles. The maximum atomic E-state index is 11.5. The van der Waals surface area contributed by atoms with Crippen LogP contribution in [0.25, 0.3) is 11.6 Å². The van der Waals surface area contributed by atoms with Gasteiger partial charge in [0.2, 0.25) is 0 Å². The number of hydrogen-bond acceptors (Lipinski definition) is 2. The average molecular weight is 272 g/mol. The number of carboxylic acid groups (broad SMARTS) is 2. The summed E-state index contributed by atoms with van der Waals surface area (Å²) in [5, 5.41) is 18.0. The third-order valence-electron chi connectivity index (χ3n) is 3.35. The van der Waals surface area contributed by atoms with Gasteiger partial charge >= 0.3 is 11.9 Å². The Morgan fingerprint density at radius 1 is 1.10 bits per heavy atom. The van der Waals surface area contributed by atoms with E-state index in [0.717, 1.165) is 16.7 Å². The summed E-state index contributed by atoms with van der Waals surface area (Å²) in [6.07, 6.45) is 5.10. The molecule has 0 bridgehead atoms. The van der Waals surface area contributed by atoms with Crippen molar-refractivity contribution in [3.8, 4) is 0 Å². The number of allylic oxidation sites excluding steroid dienone is 2. The Hall–Kier alpha value is -2.36. The number of benzene rings is 1. The molecule has 20 heavy (non-hydrogen) atoms. The molecule has 0 amide bonds. The van der Waals surface area contributed by atoms with E-state index in [1.807, 2.05) is 36.4 Å². The molecule has 104 valence electrons. The number of hydrogen-bond donors (Lipinski definition) is 2. The molecule has 0 saturated heterocycles. The number of carbonyl (C=O) groups is 2. The van der Waals surface area contributed by atoms with Gasteiger partial charge in [-0.25, -0.2) is 4.79 Å². The first kappa shape index (κ1) is 14.1. The van der Waals surface area contributed by atoms with Gasteiger partial charge < -0.3 is 10.2 Å². The second-order valence-electron chi connectivity index (χ2n) is 4.70. The zero-order valence-electron chi connectivity index (χ0n) is 11.0. The molecule has 4 nitrogen and oxygen atoms in total. The Kier molecular flexibility index (Phi) is 4.35. The summed E-state index contributed by atoms with van der Waals surface area (Å²) in [5.41, 5.74) is 3.05. The van der Waals surface area contributed by atoms with Gasteiger partial charge in [0.15, 0.2) is 0 Å². The molecule has 2 rings (SSSR count). The lowest BCUT2D eigenvalue weighted by atomic mass is 9.87. The predicted molar refractivity (Wildman–Crippen MR) is 76.1 cm³/mol. The van der Waals surface area contributed by atoms with Crippen LogP contribution in [0.1, 0.15) is 36.8 Å². The largest absolute Gasteiger partial charge is 0.481 e. The Morgan fingerprint density at radius 2 is 1.85 bits per heavy atom. The van der Waals surface area contributed by atoms with Crippen molar-refractivity contribution in [1.29, 1.82) is 0 Å². The Morgan fingerprint density at radius 3 is 2.55 bits per heavy atom. The normalized spacial score (nSPS) is 15.6. The van der Waals surface area contributed by atoms with E-state index in [0.29, 0.717) is 18.4 Å². The van der Waals surface area contributed by atoms with Crippen molar-refractivity contribution in [2.75, 3.05) is 0 Å². The Balaban J connectivity index is 2.33. The monoisotopic (exact) mass is 272 g/mol. The van der Waals surface area contributed by atoms with Gasteiger partial charge in [0.25, 0.3) is 0 Å². The molecular formula is C16H16O4. The second kappa shape index (κ2) is 6.19. The molecule has 0 saturated carbocycles. The summed E-state index contributed by atoms with van der Waals surface area (Å²) < 4.78 is 0. The van der Waals surface area contributed by atoms with E-state index in [4.69, 9.17) is 5.11 Å². The van der Waals surface area contributed by atoms with Crippen LogP contribution in [0.4, 0.5) is 0 Å². The SMILES string of the molecule is O=C(O)CCCC(C(=O)O)=C1CC=Cc2ccccc21. The van der Waals surface area contributed by atoms with Crippen LogP contribution in [0.15, 0.2) is 35.9 Å². The minimum atomic E-state index is -0.963. The topological polar surface area (TPSA) is 74.6 Å². The number of aliphatic carboxylic acids is 2. The van der Waals surface area contributed by atoms with Gasteiger partial charge in [-0.05, 0) is 36.0 Å². The van der Waals surface area contributed by atoms with Crippen molar-refractivity contribution >= 4 is 23.6 Å². The highest BCUT2D eigenvalue weighted by Crippen LogP contribution is 2.33. The molecule has 0 aliphatic heterocycles. The summed E-state index contributed by atoms with van der Waals surface area (Å²) in [5.74, 6) is -1.86. The lowest BCUT2D eigenvalue weighted by Crippen LogP contribution is -2.07. The first-order valence-corrected chi connectivity index (χ1v) is 6.52. The molecule has 1 aliphatic carbocycles. The first-order chi connectivity index (χ1) is 9.59. The van der Waals surface area contributed by atoms with E-state index in [-0.39, 0.29) is 12.8 Å². The van der Waals surface area contributed by atoms with E-state index >= 15 is 0 Å². The van der Waals surface area contributed by atoms with Crippen molar-refractivity contribution < 1.29 is 19.8 Å². The molecule has 0 atom stereocenters. The van der Waals surface area contributed by atoms with E-state index < -0.39 is 11.9 Å². The van der Waals surface area contributed by atoms with Crippen molar-refractivity contribution in [3.63, 3.8) is 0 Å². The highest BCUT2D eigenvalue weighted by atomic mass is 16.4. The smallest absolute Gasteiger partial charge is 0.331 e. The van der Waals surface area contributed by atoms with Crippen LogP contribution >= 0.6 is 0 Å². The van der Waals surface area contributed by atoms with Crippen molar-refractivity contribution in [3.05, 3.63) is 47.0 Å². The van der Waals surface area contributed by atoms with Crippen LogP contribution < -0.4 is 0 Å². The van der Waals surface area contributed by atoms with Crippen LogP contribution in [-0.4, -0.2) is 22.2 Å². The van der Waals surface area contributed by atoms with E-state index in [9.17, 15) is 14.7 Å². The van der Waals surface area contributed by atoms with Gasteiger partial charge in [0.1, 0.15) is 0 Å². The fourth-order valence-electron chi connectivity index (χ4n) is 2.42. The van der Waals surface area contributed by atoms with Crippen LogP contribution in [-0.2, 0) is 9.59 Å². The molecule has 2 N–H and O–H groups in total. The van der Waals surface area contributed by atoms with E-state index in [1.54, 1.807) is 0 Å². The van der Waals surface area contributed by atoms with Crippen molar-refractivity contribution in [1.82, 2.24) is 0 Å². The van der Waals surface area contributed by atoms with Crippen molar-refractivity contribution in [2.24, 2.45) is 0 Å². The van der Waals surface area contributed by atoms with Gasteiger partial charge in [-0.1, -0.05) is 36.4 Å². The highest BCUT2D eigenvalue weighted by molar-refractivity contribution is 5.98. The molecule has 1 aromatic carbocycles. The maximum Gasteiger partial charge on any atom is 0.331 e. The van der Waals surface area contributed by atoms with Crippen LogP contribution in [0.5, 0.6) is 0 Å². The lowest BCUT2D eigenvalue weighted by molar-refractivity contribution is -0.137. The zero-order valence-corrected chi connectivity index (χ0v) is 11.0. The molecule has 4 heteroatoms. The number of carboxylic acids is 2. The zero-order chi connectivity index (χ0) is 14.5. The van der Waals surface area contributed by atoms with Gasteiger partial charge in [-0.2, -0.15) is 0 Å². The molecule has 0 fully saturated rings. The van der Waals surface area contributed by atoms with Crippen LogP contribution in [0.3, 0.4) is 0 Å². The fraction of sp³-hybridized carbons (Fsp3) is 0.250. The molecule has 0 aromatic heterocycles. The Labute approximate surface area is 117 Å². The standard InChI is InChI=1S/C16H16O4/c17-15(18)10-4-9-14(16(19)20)13-8-3-6-11-5-1-2-7-12(11)13/h1-3,5-7H,4,8-10H2,(H,17,18)(H,19,20). The number of fused-ring (bicyclic) bond motifs is 1. The summed E-state index contributed by atoms with van der Waals surface area (Å²) in [7, 11) is 0. The molecule has 1 aromatic rings. The lowest BCUT2D eigenvalue weighted by Gasteiger charge is -2.17. The summed E-state index contributed by atoms with van der Waals surface area (Å²) in [4.78, 5) is 22.0. The Bertz CT molecular complexity index is 596. The van der Waals surface area contributed by atoms with E-state index in [1.165, 1.54) is 0 Å². The maximum absolute atomic E-state index is 11.5. The van der Waals surface area contributed by atoms with E-state index in [2.05, 4.69) is 0 Å². The van der Waals surface area contributed by atoms with Crippen LogP contribution in [0.2, 0.25) is 0 Å². The van der Waals surface area contributed by atoms with Gasteiger partial charge in [-0.3, -0.25) is 4.79 Å². The summed E-state index contributed by atoms with van der Waals surface area (Å²) >= 11 is 0. The van der Waals surface area contributed by atoms with Gasteiger partial charge in [-0.15, -0.1) is 0 Å². The molecule has 0 spiro atoms. The summed E-state index contributed by atoms with van der Waals surface area (Å²) in [6.45, 7) is 0. The van der Waals surface area contributed by atoms with Gasteiger partial charge in [0.05, 0.1) is 0 Å². The minimum absolute atomic E-state index is 0.0124.